The van der Waals surface area contributed by atoms with Crippen molar-refractivity contribution in [2.24, 2.45) is 5.73 Å². The van der Waals surface area contributed by atoms with E-state index in [-0.39, 0.29) is 6.54 Å². The summed E-state index contributed by atoms with van der Waals surface area (Å²) in [6.07, 6.45) is -8.30. The summed E-state index contributed by atoms with van der Waals surface area (Å²) in [5.74, 6) is -2.11. The molecule has 1 amide bonds. The van der Waals surface area contributed by atoms with E-state index in [4.69, 9.17) is 10.8 Å². The topological polar surface area (TPSA) is 185 Å². The minimum atomic E-state index is -2.10. The Hall–Kier alpha value is -1.14. The fraction of sp³-hybridized carbons (Fsp3) is 0.818. The van der Waals surface area contributed by atoms with Crippen LogP contribution in [0.3, 0.4) is 0 Å². The van der Waals surface area contributed by atoms with Gasteiger partial charge in [-0.15, -0.1) is 0 Å². The summed E-state index contributed by atoms with van der Waals surface area (Å²) in [6, 6.07) is 0. The van der Waals surface area contributed by atoms with Crippen LogP contribution in [0.2, 0.25) is 0 Å². The molecule has 0 unspecified atom stereocenters. The van der Waals surface area contributed by atoms with Crippen LogP contribution in [-0.2, 0) is 9.59 Å². The molecular formula is C11H23N3O7. The lowest BCUT2D eigenvalue weighted by molar-refractivity contribution is -0.155. The molecule has 10 nitrogen and oxygen atoms in total. The normalized spacial score (nSPS) is 16.9. The fourth-order valence-corrected chi connectivity index (χ4v) is 1.42. The molecule has 0 aliphatic heterocycles. The van der Waals surface area contributed by atoms with Crippen molar-refractivity contribution in [3.05, 3.63) is 0 Å². The van der Waals surface area contributed by atoms with Crippen molar-refractivity contribution >= 4 is 11.7 Å². The largest absolute Gasteiger partial charge is 0.388 e. The molecule has 0 aromatic carbocycles. The van der Waals surface area contributed by atoms with E-state index in [0.717, 1.165) is 0 Å². The number of ketones is 1. The molecular weight excluding hydrogens is 286 g/mol. The minimum Gasteiger partial charge on any atom is -0.388 e. The molecule has 0 rings (SSSR count). The van der Waals surface area contributed by atoms with Gasteiger partial charge in [-0.1, -0.05) is 0 Å². The molecule has 0 aromatic heterocycles. The van der Waals surface area contributed by atoms with E-state index in [0.29, 0.717) is 19.6 Å². The van der Waals surface area contributed by atoms with Crippen LogP contribution < -0.4 is 16.4 Å². The second-order valence-corrected chi connectivity index (χ2v) is 4.32. The van der Waals surface area contributed by atoms with Gasteiger partial charge in [-0.25, -0.2) is 0 Å². The summed E-state index contributed by atoms with van der Waals surface area (Å²) in [6.45, 7) is 0.476. The second kappa shape index (κ2) is 10.6. The second-order valence-electron chi connectivity index (χ2n) is 4.32. The number of nitrogens with one attached hydrogen (secondary N) is 2. The Morgan fingerprint density at radius 1 is 0.952 bits per heavy atom. The maximum atomic E-state index is 11.5. The maximum Gasteiger partial charge on any atom is 0.251 e. The fourth-order valence-electron chi connectivity index (χ4n) is 1.42. The molecule has 0 bridgehead atoms. The van der Waals surface area contributed by atoms with Gasteiger partial charge < -0.3 is 41.9 Å². The van der Waals surface area contributed by atoms with Crippen molar-refractivity contribution in [3.63, 3.8) is 0 Å². The number of nitrogens with two attached hydrogens (primary N) is 1. The highest BCUT2D eigenvalue weighted by Crippen LogP contribution is 2.06. The van der Waals surface area contributed by atoms with Gasteiger partial charge in [0.25, 0.3) is 5.91 Å². The quantitative estimate of drug-likeness (QED) is 0.172. The van der Waals surface area contributed by atoms with E-state index in [1.807, 2.05) is 0 Å². The third-order valence-corrected chi connectivity index (χ3v) is 2.67. The van der Waals surface area contributed by atoms with Crippen molar-refractivity contribution in [1.82, 2.24) is 10.6 Å². The number of amides is 1. The van der Waals surface area contributed by atoms with Crippen LogP contribution in [0.25, 0.3) is 0 Å². The third kappa shape index (κ3) is 6.91. The maximum absolute atomic E-state index is 11.5. The van der Waals surface area contributed by atoms with Crippen molar-refractivity contribution in [3.8, 4) is 0 Å². The summed E-state index contributed by atoms with van der Waals surface area (Å²) in [5, 5.41) is 51.4. The number of hydrogen-bond acceptors (Lipinski definition) is 9. The number of rotatable bonds is 11. The SMILES string of the molecule is NCCNCCNC(=O)[C@@H](O)[C@@H](O)[C@H](O)[C@H](O)C(=O)CO. The van der Waals surface area contributed by atoms with Gasteiger partial charge >= 0.3 is 0 Å². The minimum absolute atomic E-state index is 0.150. The molecule has 0 spiro atoms. The highest BCUT2D eigenvalue weighted by Gasteiger charge is 2.36. The highest BCUT2D eigenvalue weighted by atomic mass is 16.4. The molecule has 0 fully saturated rings. The third-order valence-electron chi connectivity index (χ3n) is 2.67. The smallest absolute Gasteiger partial charge is 0.251 e. The molecule has 0 saturated carbocycles. The molecule has 21 heavy (non-hydrogen) atoms. The van der Waals surface area contributed by atoms with E-state index < -0.39 is 42.7 Å². The van der Waals surface area contributed by atoms with Gasteiger partial charge in [-0.3, -0.25) is 9.59 Å². The zero-order chi connectivity index (χ0) is 16.4. The van der Waals surface area contributed by atoms with E-state index in [2.05, 4.69) is 10.6 Å². The van der Waals surface area contributed by atoms with Gasteiger partial charge in [0.1, 0.15) is 24.9 Å². The number of aliphatic hydroxyl groups excluding tert-OH is 5. The first-order valence-electron chi connectivity index (χ1n) is 6.41. The average Bonchev–Trinajstić information content (AvgIpc) is 2.50. The Morgan fingerprint density at radius 3 is 2.05 bits per heavy atom. The Balaban J connectivity index is 4.25. The Labute approximate surface area is 121 Å². The number of hydrogen-bond donors (Lipinski definition) is 8. The molecule has 0 radical (unpaired) electrons. The molecule has 10 heteroatoms. The van der Waals surface area contributed by atoms with Gasteiger partial charge in [0.15, 0.2) is 11.9 Å². The number of carbonyl (C=O) groups excluding carboxylic acids is 2. The van der Waals surface area contributed by atoms with Crippen molar-refractivity contribution in [2.45, 2.75) is 24.4 Å². The Bertz CT molecular complexity index is 329. The van der Waals surface area contributed by atoms with Gasteiger partial charge in [-0.05, 0) is 0 Å². The van der Waals surface area contributed by atoms with Crippen LogP contribution in [0.5, 0.6) is 0 Å². The van der Waals surface area contributed by atoms with Crippen molar-refractivity contribution in [2.75, 3.05) is 32.8 Å². The Morgan fingerprint density at radius 2 is 1.52 bits per heavy atom. The molecule has 0 saturated heterocycles. The summed E-state index contributed by atoms with van der Waals surface area (Å²) >= 11 is 0. The summed E-state index contributed by atoms with van der Waals surface area (Å²) < 4.78 is 0. The Kier molecular flexibility index (Phi) is 9.99. The number of aliphatic hydroxyl groups is 5. The predicted molar refractivity (Wildman–Crippen MR) is 71.1 cm³/mol. The molecule has 9 N–H and O–H groups in total. The van der Waals surface area contributed by atoms with E-state index in [1.165, 1.54) is 0 Å². The van der Waals surface area contributed by atoms with Crippen LogP contribution in [0.4, 0.5) is 0 Å². The highest BCUT2D eigenvalue weighted by molar-refractivity contribution is 5.85. The van der Waals surface area contributed by atoms with Crippen LogP contribution >= 0.6 is 0 Å². The van der Waals surface area contributed by atoms with Crippen LogP contribution in [0.1, 0.15) is 0 Å². The average molecular weight is 309 g/mol. The van der Waals surface area contributed by atoms with Crippen LogP contribution in [0.15, 0.2) is 0 Å². The van der Waals surface area contributed by atoms with E-state index in [9.17, 15) is 30.0 Å². The molecule has 124 valence electrons. The molecule has 0 heterocycles. The lowest BCUT2D eigenvalue weighted by atomic mass is 10.00. The van der Waals surface area contributed by atoms with Crippen LogP contribution in [0, 0.1) is 0 Å². The van der Waals surface area contributed by atoms with Gasteiger partial charge in [-0.2, -0.15) is 0 Å². The molecule has 0 aromatic rings. The summed E-state index contributed by atoms with van der Waals surface area (Å²) in [5.41, 5.74) is 5.24. The lowest BCUT2D eigenvalue weighted by Crippen LogP contribution is -2.53. The van der Waals surface area contributed by atoms with Crippen molar-refractivity contribution in [1.29, 1.82) is 0 Å². The zero-order valence-corrected chi connectivity index (χ0v) is 11.5. The first-order chi connectivity index (χ1) is 9.86. The monoisotopic (exact) mass is 309 g/mol. The summed E-state index contributed by atoms with van der Waals surface area (Å²) in [7, 11) is 0. The van der Waals surface area contributed by atoms with Gasteiger partial charge in [0.05, 0.1) is 0 Å². The summed E-state index contributed by atoms with van der Waals surface area (Å²) in [4.78, 5) is 22.4. The van der Waals surface area contributed by atoms with E-state index in [1.54, 1.807) is 0 Å². The van der Waals surface area contributed by atoms with Gasteiger partial charge in [0.2, 0.25) is 0 Å². The van der Waals surface area contributed by atoms with Crippen LogP contribution in [-0.4, -0.2) is 94.4 Å². The zero-order valence-electron chi connectivity index (χ0n) is 11.5. The first kappa shape index (κ1) is 19.9. The predicted octanol–water partition coefficient (Wildman–Crippen LogP) is -5.34. The van der Waals surface area contributed by atoms with Gasteiger partial charge in [0, 0.05) is 26.2 Å². The molecule has 4 atom stereocenters. The lowest BCUT2D eigenvalue weighted by Gasteiger charge is -2.25. The van der Waals surface area contributed by atoms with Crippen molar-refractivity contribution < 1.29 is 35.1 Å². The number of Topliss-reactive ketones (excluding diaryl/α,β-unsaturated/α-hetero) is 1. The molecule has 0 aliphatic rings. The van der Waals surface area contributed by atoms with E-state index >= 15 is 0 Å². The molecule has 0 aliphatic carbocycles. The number of carbonyl (C=O) groups is 2. The first-order valence-corrected chi connectivity index (χ1v) is 6.41. The standard InChI is InChI=1S/C11H23N3O7/c12-1-2-13-3-4-14-11(21)10(20)9(19)8(18)7(17)6(16)5-15/h7-10,13,15,17-20H,1-5,12H2,(H,14,21)/t7-,8-,9+,10+/m1/s1.